The van der Waals surface area contributed by atoms with E-state index in [1.54, 1.807) is 4.90 Å². The van der Waals surface area contributed by atoms with Crippen molar-refractivity contribution in [2.24, 2.45) is 0 Å². The summed E-state index contributed by atoms with van der Waals surface area (Å²) in [6, 6.07) is 6.48. The van der Waals surface area contributed by atoms with Crippen LogP contribution in [0.3, 0.4) is 0 Å². The number of carbonyl (C=O) groups is 1. The smallest absolute Gasteiger partial charge is 0.410 e. The third-order valence-electron chi connectivity index (χ3n) is 6.28. The number of hydrogen-bond donors (Lipinski definition) is 0. The Morgan fingerprint density at radius 2 is 1.94 bits per heavy atom. The highest BCUT2D eigenvalue weighted by atomic mass is 16.6. The Kier molecular flexibility index (Phi) is 6.10. The second kappa shape index (κ2) is 9.11. The minimum atomic E-state index is -0.496. The summed E-state index contributed by atoms with van der Waals surface area (Å²) in [6.45, 7) is 14.2. The summed E-state index contributed by atoms with van der Waals surface area (Å²) in [7, 11) is 0. The molecule has 0 saturated heterocycles. The van der Waals surface area contributed by atoms with Crippen molar-refractivity contribution in [2.75, 3.05) is 19.7 Å². The van der Waals surface area contributed by atoms with E-state index in [9.17, 15) is 4.79 Å². The van der Waals surface area contributed by atoms with E-state index in [2.05, 4.69) is 52.8 Å². The fourth-order valence-corrected chi connectivity index (χ4v) is 4.58. The molecule has 3 aromatic rings. The third kappa shape index (κ3) is 4.74. The van der Waals surface area contributed by atoms with Gasteiger partial charge in [0.05, 0.1) is 12.1 Å². The lowest BCUT2D eigenvalue weighted by molar-refractivity contribution is 0.0270. The molecule has 9 nitrogen and oxygen atoms in total. The summed E-state index contributed by atoms with van der Waals surface area (Å²) in [6.07, 6.45) is 4.64. The number of imidazole rings is 1. The molecular weight excluding hydrogens is 456 g/mol. The van der Waals surface area contributed by atoms with Gasteiger partial charge in [0.2, 0.25) is 0 Å². The number of rotatable bonds is 3. The number of amides is 1. The molecule has 0 atom stereocenters. The first kappa shape index (κ1) is 24.1. The van der Waals surface area contributed by atoms with E-state index in [1.165, 1.54) is 5.57 Å². The lowest BCUT2D eigenvalue weighted by Gasteiger charge is -2.29. The van der Waals surface area contributed by atoms with E-state index in [4.69, 9.17) is 14.5 Å². The maximum Gasteiger partial charge on any atom is 0.410 e. The van der Waals surface area contributed by atoms with Crippen molar-refractivity contribution in [3.63, 3.8) is 0 Å². The number of hydrogen-bond acceptors (Lipinski definition) is 6. The number of nitrogens with zero attached hydrogens (tertiary/aromatic N) is 6. The van der Waals surface area contributed by atoms with Crippen LogP contribution in [0.5, 0.6) is 5.75 Å². The van der Waals surface area contributed by atoms with Crippen LogP contribution in [0.2, 0.25) is 0 Å². The van der Waals surface area contributed by atoms with Crippen LogP contribution in [-0.4, -0.2) is 60.6 Å². The standard InChI is InChI=1S/C27H34N6O3/c1-17(2)33-25(28-18(3)30-33)22-16-32-13-14-35-23-15-20(7-8-21(23)24(32)29-22)19-9-11-31(12-10-19)26(34)36-27(4,5)6/h7-9,15-17H,10-14H2,1-6H3. The summed E-state index contributed by atoms with van der Waals surface area (Å²) in [4.78, 5) is 23.7. The Morgan fingerprint density at radius 3 is 2.64 bits per heavy atom. The number of benzene rings is 1. The van der Waals surface area contributed by atoms with Crippen LogP contribution < -0.4 is 4.74 Å². The zero-order chi connectivity index (χ0) is 25.6. The van der Waals surface area contributed by atoms with Crippen molar-refractivity contribution in [3.8, 4) is 28.7 Å². The average molecular weight is 491 g/mol. The molecule has 0 bridgehead atoms. The average Bonchev–Trinajstić information content (AvgIpc) is 3.37. The second-order valence-corrected chi connectivity index (χ2v) is 10.6. The van der Waals surface area contributed by atoms with Gasteiger partial charge in [-0.3, -0.25) is 0 Å². The highest BCUT2D eigenvalue weighted by Gasteiger charge is 2.26. The largest absolute Gasteiger partial charge is 0.491 e. The zero-order valence-corrected chi connectivity index (χ0v) is 21.9. The van der Waals surface area contributed by atoms with E-state index in [0.29, 0.717) is 26.2 Å². The van der Waals surface area contributed by atoms with E-state index in [0.717, 1.165) is 46.5 Å². The van der Waals surface area contributed by atoms with Gasteiger partial charge in [-0.1, -0.05) is 12.1 Å². The van der Waals surface area contributed by atoms with Crippen molar-refractivity contribution in [1.29, 1.82) is 0 Å². The number of ether oxygens (including phenoxy) is 2. The molecule has 0 radical (unpaired) electrons. The molecule has 2 aromatic heterocycles. The van der Waals surface area contributed by atoms with Crippen molar-refractivity contribution in [3.05, 3.63) is 41.9 Å². The fourth-order valence-electron chi connectivity index (χ4n) is 4.58. The second-order valence-electron chi connectivity index (χ2n) is 10.6. The SMILES string of the molecule is Cc1nc(-c2cn3c(n2)-c2ccc(C4=CCN(C(=O)OC(C)(C)C)CC4)cc2OCC3)n(C(C)C)n1. The van der Waals surface area contributed by atoms with Gasteiger partial charge < -0.3 is 18.9 Å². The summed E-state index contributed by atoms with van der Waals surface area (Å²) in [5, 5.41) is 4.55. The van der Waals surface area contributed by atoms with E-state index < -0.39 is 5.60 Å². The molecular formula is C27H34N6O3. The quantitative estimate of drug-likeness (QED) is 0.507. The molecule has 0 fully saturated rings. The van der Waals surface area contributed by atoms with Crippen LogP contribution >= 0.6 is 0 Å². The topological polar surface area (TPSA) is 87.3 Å². The van der Waals surface area contributed by atoms with Gasteiger partial charge in [-0.05, 0) is 71.2 Å². The Labute approximate surface area is 211 Å². The molecule has 0 saturated carbocycles. The van der Waals surface area contributed by atoms with Crippen molar-refractivity contribution >= 4 is 11.7 Å². The predicted molar refractivity (Wildman–Crippen MR) is 138 cm³/mol. The van der Waals surface area contributed by atoms with E-state index in [-0.39, 0.29) is 12.1 Å². The molecule has 1 aromatic carbocycles. The minimum absolute atomic E-state index is 0.191. The number of carbonyl (C=O) groups excluding carboxylic acids is 1. The van der Waals surface area contributed by atoms with Crippen molar-refractivity contribution in [2.45, 2.75) is 66.2 Å². The number of aromatic nitrogens is 5. The lowest BCUT2D eigenvalue weighted by atomic mass is 9.97. The maximum atomic E-state index is 12.4. The monoisotopic (exact) mass is 490 g/mol. The van der Waals surface area contributed by atoms with Crippen molar-refractivity contribution in [1.82, 2.24) is 29.2 Å². The van der Waals surface area contributed by atoms with Gasteiger partial charge in [0.15, 0.2) is 5.82 Å². The van der Waals surface area contributed by atoms with Crippen LogP contribution in [0, 0.1) is 6.92 Å². The minimum Gasteiger partial charge on any atom is -0.491 e. The summed E-state index contributed by atoms with van der Waals surface area (Å²) in [5.74, 6) is 3.21. The summed E-state index contributed by atoms with van der Waals surface area (Å²) in [5.41, 5.74) is 3.59. The van der Waals surface area contributed by atoms with Crippen LogP contribution in [0.4, 0.5) is 4.79 Å². The molecule has 4 heterocycles. The van der Waals surface area contributed by atoms with Crippen LogP contribution in [0.15, 0.2) is 30.5 Å². The van der Waals surface area contributed by atoms with Crippen molar-refractivity contribution < 1.29 is 14.3 Å². The molecule has 0 unspecified atom stereocenters. The first-order chi connectivity index (χ1) is 17.1. The molecule has 36 heavy (non-hydrogen) atoms. The number of aryl methyl sites for hydroxylation is 1. The molecule has 1 amide bonds. The van der Waals surface area contributed by atoms with Gasteiger partial charge in [-0.15, -0.1) is 0 Å². The Morgan fingerprint density at radius 1 is 1.14 bits per heavy atom. The molecule has 5 rings (SSSR count). The Hall–Kier alpha value is -3.62. The van der Waals surface area contributed by atoms with Gasteiger partial charge in [-0.2, -0.15) is 5.10 Å². The van der Waals surface area contributed by atoms with Gasteiger partial charge in [-0.25, -0.2) is 19.4 Å². The molecule has 0 N–H and O–H groups in total. The normalized spacial score (nSPS) is 15.6. The fraction of sp³-hybridized carbons (Fsp3) is 0.481. The zero-order valence-electron chi connectivity index (χ0n) is 21.9. The molecule has 0 aliphatic carbocycles. The van der Waals surface area contributed by atoms with E-state index >= 15 is 0 Å². The van der Waals surface area contributed by atoms with Gasteiger partial charge in [0.25, 0.3) is 0 Å². The molecule has 2 aliphatic rings. The molecule has 0 spiro atoms. The number of fused-ring (bicyclic) bond motifs is 3. The summed E-state index contributed by atoms with van der Waals surface area (Å²) >= 11 is 0. The lowest BCUT2D eigenvalue weighted by Crippen LogP contribution is -2.39. The van der Waals surface area contributed by atoms with Crippen LogP contribution in [-0.2, 0) is 11.3 Å². The van der Waals surface area contributed by atoms with Crippen LogP contribution in [0.25, 0.3) is 28.5 Å². The Balaban J connectivity index is 1.41. The predicted octanol–water partition coefficient (Wildman–Crippen LogP) is 5.11. The Bertz CT molecular complexity index is 1330. The van der Waals surface area contributed by atoms with Gasteiger partial charge >= 0.3 is 6.09 Å². The maximum absolute atomic E-state index is 12.4. The van der Waals surface area contributed by atoms with Gasteiger partial charge in [0.1, 0.15) is 35.3 Å². The van der Waals surface area contributed by atoms with E-state index in [1.807, 2.05) is 38.6 Å². The first-order valence-electron chi connectivity index (χ1n) is 12.5. The molecule has 9 heteroatoms. The molecule has 2 aliphatic heterocycles. The highest BCUT2D eigenvalue weighted by Crippen LogP contribution is 2.37. The van der Waals surface area contributed by atoms with Gasteiger partial charge in [0, 0.05) is 25.3 Å². The highest BCUT2D eigenvalue weighted by molar-refractivity contribution is 5.76. The molecule has 190 valence electrons. The third-order valence-corrected chi connectivity index (χ3v) is 6.28. The summed E-state index contributed by atoms with van der Waals surface area (Å²) < 4.78 is 15.7. The first-order valence-corrected chi connectivity index (χ1v) is 12.5. The van der Waals surface area contributed by atoms with Crippen LogP contribution in [0.1, 0.15) is 58.5 Å².